The highest BCUT2D eigenvalue weighted by molar-refractivity contribution is 7.99. The average Bonchev–Trinajstić information content (AvgIpc) is 2.63. The largest absolute Gasteiger partial charge is 0.396 e. The van der Waals surface area contributed by atoms with Crippen LogP contribution >= 0.6 is 24.2 Å². The van der Waals surface area contributed by atoms with E-state index in [0.29, 0.717) is 6.61 Å². The third-order valence-electron chi connectivity index (χ3n) is 2.07. The van der Waals surface area contributed by atoms with Crippen LogP contribution in [0.2, 0.25) is 0 Å². The Kier molecular flexibility index (Phi) is 9.82. The van der Waals surface area contributed by atoms with Crippen molar-refractivity contribution in [3.63, 3.8) is 0 Å². The molecule has 0 saturated heterocycles. The van der Waals surface area contributed by atoms with Gasteiger partial charge in [-0.25, -0.2) is 4.98 Å². The molecule has 0 aromatic carbocycles. The topological polar surface area (TPSA) is 50.1 Å². The molecular formula is C10H20ClN3OS. The molecule has 16 heavy (non-hydrogen) atoms. The van der Waals surface area contributed by atoms with Gasteiger partial charge in [0.25, 0.3) is 0 Å². The van der Waals surface area contributed by atoms with Crippen molar-refractivity contribution in [3.8, 4) is 0 Å². The number of aromatic nitrogens is 2. The molecule has 0 aliphatic rings. The molecule has 1 heterocycles. The van der Waals surface area contributed by atoms with Crippen LogP contribution in [0.1, 0.15) is 12.2 Å². The van der Waals surface area contributed by atoms with E-state index in [0.717, 1.165) is 36.8 Å². The summed E-state index contributed by atoms with van der Waals surface area (Å²) in [6.45, 7) is 2.11. The van der Waals surface area contributed by atoms with Crippen LogP contribution in [0.3, 0.4) is 0 Å². The Morgan fingerprint density at radius 2 is 2.31 bits per heavy atom. The van der Waals surface area contributed by atoms with Crippen molar-refractivity contribution < 1.29 is 5.11 Å². The van der Waals surface area contributed by atoms with E-state index in [-0.39, 0.29) is 12.4 Å². The minimum absolute atomic E-state index is 0. The fraction of sp³-hybridized carbons (Fsp3) is 0.700. The van der Waals surface area contributed by atoms with Gasteiger partial charge >= 0.3 is 0 Å². The number of thioether (sulfide) groups is 1. The molecule has 1 rings (SSSR count). The highest BCUT2D eigenvalue weighted by Gasteiger charge is 1.97. The Balaban J connectivity index is 0.00000225. The predicted molar refractivity (Wildman–Crippen MR) is 71.2 cm³/mol. The Bertz CT molecular complexity index is 270. The van der Waals surface area contributed by atoms with Gasteiger partial charge in [-0.1, -0.05) is 0 Å². The molecule has 0 spiro atoms. The molecule has 0 atom stereocenters. The van der Waals surface area contributed by atoms with Crippen LogP contribution in [-0.4, -0.2) is 39.3 Å². The minimum atomic E-state index is 0. The normalized spacial score (nSPS) is 10.1. The van der Waals surface area contributed by atoms with Gasteiger partial charge in [0.2, 0.25) is 0 Å². The third kappa shape index (κ3) is 6.37. The lowest BCUT2D eigenvalue weighted by Gasteiger charge is -2.04. The van der Waals surface area contributed by atoms with Crippen LogP contribution in [0.4, 0.5) is 0 Å². The molecule has 1 aromatic heterocycles. The van der Waals surface area contributed by atoms with E-state index in [2.05, 4.69) is 10.3 Å². The summed E-state index contributed by atoms with van der Waals surface area (Å²) in [6, 6.07) is 0. The standard InChI is InChI=1S/C10H19N3OS.ClH/c1-13-5-3-12-10(13)9-11-4-8-15-7-2-6-14;/h3,5,11,14H,2,4,6-9H2,1H3;1H. The number of aliphatic hydroxyl groups excluding tert-OH is 1. The van der Waals surface area contributed by atoms with E-state index in [1.165, 1.54) is 0 Å². The molecule has 0 amide bonds. The van der Waals surface area contributed by atoms with E-state index in [4.69, 9.17) is 5.11 Å². The lowest BCUT2D eigenvalue weighted by Crippen LogP contribution is -2.19. The van der Waals surface area contributed by atoms with Crippen molar-refractivity contribution in [1.29, 1.82) is 0 Å². The lowest BCUT2D eigenvalue weighted by molar-refractivity contribution is 0.296. The minimum Gasteiger partial charge on any atom is -0.396 e. The number of nitrogens with one attached hydrogen (secondary N) is 1. The fourth-order valence-corrected chi connectivity index (χ4v) is 2.01. The van der Waals surface area contributed by atoms with Gasteiger partial charge in [0, 0.05) is 38.3 Å². The van der Waals surface area contributed by atoms with Crippen LogP contribution in [0.5, 0.6) is 0 Å². The summed E-state index contributed by atoms with van der Waals surface area (Å²) in [6.07, 6.45) is 4.66. The van der Waals surface area contributed by atoms with Crippen LogP contribution in [0.15, 0.2) is 12.4 Å². The number of rotatable bonds is 8. The van der Waals surface area contributed by atoms with Gasteiger partial charge in [0.05, 0.1) is 6.54 Å². The zero-order valence-electron chi connectivity index (χ0n) is 9.56. The molecule has 6 heteroatoms. The molecule has 2 N–H and O–H groups in total. The molecule has 0 unspecified atom stereocenters. The summed E-state index contributed by atoms with van der Waals surface area (Å²) >= 11 is 1.87. The number of aryl methyl sites for hydroxylation is 1. The zero-order chi connectivity index (χ0) is 10.9. The molecule has 0 radical (unpaired) electrons. The second kappa shape index (κ2) is 9.96. The first-order chi connectivity index (χ1) is 7.34. The Morgan fingerprint density at radius 3 is 2.94 bits per heavy atom. The summed E-state index contributed by atoms with van der Waals surface area (Å²) in [7, 11) is 2.00. The maximum absolute atomic E-state index is 8.58. The maximum atomic E-state index is 8.58. The van der Waals surface area contributed by atoms with E-state index >= 15 is 0 Å². The number of hydrogen-bond acceptors (Lipinski definition) is 4. The van der Waals surface area contributed by atoms with Gasteiger partial charge in [-0.05, 0) is 12.2 Å². The SMILES string of the molecule is Cl.Cn1ccnc1CNCCSCCCO. The molecule has 0 aliphatic heterocycles. The van der Waals surface area contributed by atoms with Crippen molar-refractivity contribution in [3.05, 3.63) is 18.2 Å². The maximum Gasteiger partial charge on any atom is 0.122 e. The highest BCUT2D eigenvalue weighted by Crippen LogP contribution is 2.00. The predicted octanol–water partition coefficient (Wildman–Crippen LogP) is 1.05. The summed E-state index contributed by atoms with van der Waals surface area (Å²) in [5.74, 6) is 3.20. The van der Waals surface area contributed by atoms with Gasteiger partial charge in [-0.2, -0.15) is 11.8 Å². The van der Waals surface area contributed by atoms with Gasteiger partial charge in [-0.15, -0.1) is 12.4 Å². The second-order valence-electron chi connectivity index (χ2n) is 3.32. The van der Waals surface area contributed by atoms with E-state index in [1.54, 1.807) is 0 Å². The first-order valence-electron chi connectivity index (χ1n) is 5.20. The number of aliphatic hydroxyl groups is 1. The van der Waals surface area contributed by atoms with Gasteiger partial charge in [-0.3, -0.25) is 0 Å². The molecule has 0 bridgehead atoms. The van der Waals surface area contributed by atoms with Crippen molar-refractivity contribution in [2.45, 2.75) is 13.0 Å². The fourth-order valence-electron chi connectivity index (χ4n) is 1.18. The summed E-state index contributed by atoms with van der Waals surface area (Å²) in [5.41, 5.74) is 0. The monoisotopic (exact) mass is 265 g/mol. The van der Waals surface area contributed by atoms with Crippen LogP contribution in [0, 0.1) is 0 Å². The van der Waals surface area contributed by atoms with Crippen LogP contribution in [-0.2, 0) is 13.6 Å². The first kappa shape index (κ1) is 15.8. The molecular weight excluding hydrogens is 246 g/mol. The number of halogens is 1. The van der Waals surface area contributed by atoms with Crippen molar-refractivity contribution >= 4 is 24.2 Å². The molecule has 1 aromatic rings. The van der Waals surface area contributed by atoms with Crippen molar-refractivity contribution in [2.24, 2.45) is 7.05 Å². The number of imidazole rings is 1. The Morgan fingerprint density at radius 1 is 1.50 bits per heavy atom. The van der Waals surface area contributed by atoms with Crippen molar-refractivity contribution in [1.82, 2.24) is 14.9 Å². The average molecular weight is 266 g/mol. The second-order valence-corrected chi connectivity index (χ2v) is 4.55. The highest BCUT2D eigenvalue weighted by atomic mass is 35.5. The smallest absolute Gasteiger partial charge is 0.122 e. The van der Waals surface area contributed by atoms with Gasteiger partial charge < -0.3 is 15.0 Å². The van der Waals surface area contributed by atoms with E-state index in [9.17, 15) is 0 Å². The first-order valence-corrected chi connectivity index (χ1v) is 6.35. The summed E-state index contributed by atoms with van der Waals surface area (Å²) in [5, 5.41) is 11.9. The summed E-state index contributed by atoms with van der Waals surface area (Å²) < 4.78 is 2.02. The number of hydrogen-bond donors (Lipinski definition) is 2. The Labute approximate surface area is 107 Å². The molecule has 94 valence electrons. The van der Waals surface area contributed by atoms with Crippen molar-refractivity contribution in [2.75, 3.05) is 24.7 Å². The molecule has 4 nitrogen and oxygen atoms in total. The third-order valence-corrected chi connectivity index (χ3v) is 3.14. The quantitative estimate of drug-likeness (QED) is 0.690. The molecule has 0 fully saturated rings. The van der Waals surface area contributed by atoms with E-state index < -0.39 is 0 Å². The van der Waals surface area contributed by atoms with Gasteiger partial charge in [0.1, 0.15) is 5.82 Å². The molecule has 0 aliphatic carbocycles. The number of nitrogens with zero attached hydrogens (tertiary/aromatic N) is 2. The van der Waals surface area contributed by atoms with Crippen LogP contribution in [0.25, 0.3) is 0 Å². The van der Waals surface area contributed by atoms with E-state index in [1.807, 2.05) is 35.8 Å². The Hall–Kier alpha value is -0.230. The van der Waals surface area contributed by atoms with Crippen LogP contribution < -0.4 is 5.32 Å². The van der Waals surface area contributed by atoms with Gasteiger partial charge in [0.15, 0.2) is 0 Å². The molecule has 0 saturated carbocycles. The lowest BCUT2D eigenvalue weighted by atomic mass is 10.5. The zero-order valence-corrected chi connectivity index (χ0v) is 11.2. The summed E-state index contributed by atoms with van der Waals surface area (Å²) in [4.78, 5) is 4.22.